The second kappa shape index (κ2) is 4.97. The van der Waals surface area contributed by atoms with E-state index in [9.17, 15) is 0 Å². The van der Waals surface area contributed by atoms with Gasteiger partial charge in [-0.05, 0) is 42.7 Å². The third-order valence-corrected chi connectivity index (χ3v) is 3.12. The highest BCUT2D eigenvalue weighted by Gasteiger charge is 2.17. The van der Waals surface area contributed by atoms with Gasteiger partial charge in [0.1, 0.15) is 0 Å². The van der Waals surface area contributed by atoms with Crippen LogP contribution in [0.3, 0.4) is 0 Å². The Morgan fingerprint density at radius 2 is 2.07 bits per heavy atom. The number of benzene rings is 1. The lowest BCUT2D eigenvalue weighted by atomic mass is 9.82. The fraction of sp³-hybridized carbons (Fsp3) is 0.333. The molecule has 1 aliphatic carbocycles. The maximum Gasteiger partial charge on any atom is -0.0125 e. The normalized spacial score (nSPS) is 20.8. The van der Waals surface area contributed by atoms with E-state index in [1.807, 2.05) is 6.08 Å². The van der Waals surface area contributed by atoms with E-state index >= 15 is 0 Å². The molecular formula is C15H18. The highest BCUT2D eigenvalue weighted by Crippen LogP contribution is 2.34. The minimum absolute atomic E-state index is 0.693. The summed E-state index contributed by atoms with van der Waals surface area (Å²) < 4.78 is 0. The molecular weight excluding hydrogens is 180 g/mol. The van der Waals surface area contributed by atoms with Gasteiger partial charge in [0.05, 0.1) is 0 Å². The van der Waals surface area contributed by atoms with Crippen molar-refractivity contribution in [3.8, 4) is 0 Å². The molecule has 15 heavy (non-hydrogen) atoms. The molecule has 1 unspecified atom stereocenters. The second-order valence-corrected chi connectivity index (χ2v) is 4.18. The van der Waals surface area contributed by atoms with Crippen LogP contribution in [0.1, 0.15) is 31.2 Å². The van der Waals surface area contributed by atoms with Gasteiger partial charge >= 0.3 is 0 Å². The molecule has 0 spiro atoms. The molecule has 1 aliphatic rings. The van der Waals surface area contributed by atoms with E-state index in [4.69, 9.17) is 0 Å². The SMILES string of the molecule is C=CCC1CCCC=C1c1ccccc1. The summed E-state index contributed by atoms with van der Waals surface area (Å²) in [6.07, 6.45) is 9.44. The fourth-order valence-corrected chi connectivity index (χ4v) is 2.37. The van der Waals surface area contributed by atoms with Gasteiger partial charge in [-0.25, -0.2) is 0 Å². The van der Waals surface area contributed by atoms with Crippen LogP contribution in [0, 0.1) is 5.92 Å². The van der Waals surface area contributed by atoms with Crippen molar-refractivity contribution in [1.82, 2.24) is 0 Å². The molecule has 1 aromatic rings. The standard InChI is InChI=1S/C15H18/c1-2-8-13-11-6-7-12-15(13)14-9-4-3-5-10-14/h2-5,9-10,12-13H,1,6-8,11H2. The summed E-state index contributed by atoms with van der Waals surface area (Å²) in [5.74, 6) is 0.693. The van der Waals surface area contributed by atoms with Gasteiger partial charge in [0.15, 0.2) is 0 Å². The van der Waals surface area contributed by atoms with E-state index in [0.717, 1.165) is 6.42 Å². The predicted octanol–water partition coefficient (Wildman–Crippen LogP) is 4.45. The predicted molar refractivity (Wildman–Crippen MR) is 66.6 cm³/mol. The quantitative estimate of drug-likeness (QED) is 0.630. The maximum absolute atomic E-state index is 3.86. The molecule has 0 N–H and O–H groups in total. The summed E-state index contributed by atoms with van der Waals surface area (Å²) in [5, 5.41) is 0. The molecule has 0 radical (unpaired) electrons. The molecule has 0 nitrogen and oxygen atoms in total. The first kappa shape index (κ1) is 10.2. The van der Waals surface area contributed by atoms with Gasteiger partial charge in [-0.1, -0.05) is 42.5 Å². The Morgan fingerprint density at radius 3 is 2.80 bits per heavy atom. The zero-order valence-electron chi connectivity index (χ0n) is 9.15. The van der Waals surface area contributed by atoms with Crippen LogP contribution in [0.2, 0.25) is 0 Å². The van der Waals surface area contributed by atoms with Crippen LogP contribution in [-0.2, 0) is 0 Å². The summed E-state index contributed by atoms with van der Waals surface area (Å²) in [7, 11) is 0. The molecule has 1 aromatic carbocycles. The Bertz CT molecular complexity index is 346. The molecule has 0 bridgehead atoms. The molecule has 2 rings (SSSR count). The van der Waals surface area contributed by atoms with Gasteiger partial charge in [0.25, 0.3) is 0 Å². The molecule has 0 heteroatoms. The van der Waals surface area contributed by atoms with E-state index in [1.54, 1.807) is 0 Å². The highest BCUT2D eigenvalue weighted by molar-refractivity contribution is 5.68. The minimum atomic E-state index is 0.693. The molecule has 0 fully saturated rings. The Hall–Kier alpha value is -1.30. The molecule has 0 amide bonds. The molecule has 78 valence electrons. The van der Waals surface area contributed by atoms with Crippen molar-refractivity contribution in [2.24, 2.45) is 5.92 Å². The van der Waals surface area contributed by atoms with Gasteiger partial charge in [0, 0.05) is 0 Å². The van der Waals surface area contributed by atoms with Crippen LogP contribution < -0.4 is 0 Å². The monoisotopic (exact) mass is 198 g/mol. The van der Waals surface area contributed by atoms with Crippen molar-refractivity contribution in [3.05, 3.63) is 54.6 Å². The number of hydrogen-bond donors (Lipinski definition) is 0. The number of allylic oxidation sites excluding steroid dienone is 3. The Morgan fingerprint density at radius 1 is 1.27 bits per heavy atom. The van der Waals surface area contributed by atoms with E-state index in [0.29, 0.717) is 5.92 Å². The Kier molecular flexibility index (Phi) is 3.39. The van der Waals surface area contributed by atoms with Gasteiger partial charge in [-0.3, -0.25) is 0 Å². The zero-order chi connectivity index (χ0) is 10.5. The second-order valence-electron chi connectivity index (χ2n) is 4.18. The summed E-state index contributed by atoms with van der Waals surface area (Å²) in [4.78, 5) is 0. The summed E-state index contributed by atoms with van der Waals surface area (Å²) in [6.45, 7) is 3.86. The lowest BCUT2D eigenvalue weighted by Gasteiger charge is -2.23. The van der Waals surface area contributed by atoms with Crippen molar-refractivity contribution >= 4 is 5.57 Å². The largest absolute Gasteiger partial charge is 0.103 e. The van der Waals surface area contributed by atoms with Crippen LogP contribution in [0.4, 0.5) is 0 Å². The summed E-state index contributed by atoms with van der Waals surface area (Å²) in [5.41, 5.74) is 2.92. The first-order valence-electron chi connectivity index (χ1n) is 5.78. The summed E-state index contributed by atoms with van der Waals surface area (Å²) >= 11 is 0. The molecule has 0 aromatic heterocycles. The van der Waals surface area contributed by atoms with Gasteiger partial charge in [0.2, 0.25) is 0 Å². The zero-order valence-corrected chi connectivity index (χ0v) is 9.15. The van der Waals surface area contributed by atoms with Crippen LogP contribution in [0.5, 0.6) is 0 Å². The van der Waals surface area contributed by atoms with Crippen molar-refractivity contribution in [1.29, 1.82) is 0 Å². The average Bonchev–Trinajstić information content (AvgIpc) is 2.31. The lowest BCUT2D eigenvalue weighted by Crippen LogP contribution is -2.06. The van der Waals surface area contributed by atoms with Crippen LogP contribution in [0.25, 0.3) is 5.57 Å². The Labute approximate surface area is 92.3 Å². The fourth-order valence-electron chi connectivity index (χ4n) is 2.37. The maximum atomic E-state index is 3.86. The molecule has 0 heterocycles. The first-order chi connectivity index (χ1) is 7.42. The summed E-state index contributed by atoms with van der Waals surface area (Å²) in [6, 6.07) is 10.8. The topological polar surface area (TPSA) is 0 Å². The van der Waals surface area contributed by atoms with E-state index in [1.165, 1.54) is 30.4 Å². The molecule has 0 saturated heterocycles. The third kappa shape index (κ3) is 2.38. The van der Waals surface area contributed by atoms with Crippen LogP contribution in [0.15, 0.2) is 49.1 Å². The number of hydrogen-bond acceptors (Lipinski definition) is 0. The van der Waals surface area contributed by atoms with Gasteiger partial charge in [-0.15, -0.1) is 6.58 Å². The lowest BCUT2D eigenvalue weighted by molar-refractivity contribution is 0.564. The molecule has 0 aliphatic heterocycles. The van der Waals surface area contributed by atoms with Gasteiger partial charge < -0.3 is 0 Å². The molecule has 0 saturated carbocycles. The van der Waals surface area contributed by atoms with E-state index in [2.05, 4.69) is 43.0 Å². The van der Waals surface area contributed by atoms with Crippen LogP contribution >= 0.6 is 0 Å². The van der Waals surface area contributed by atoms with Gasteiger partial charge in [-0.2, -0.15) is 0 Å². The minimum Gasteiger partial charge on any atom is -0.103 e. The number of rotatable bonds is 3. The smallest absolute Gasteiger partial charge is 0.0125 e. The van der Waals surface area contributed by atoms with Crippen LogP contribution in [-0.4, -0.2) is 0 Å². The average molecular weight is 198 g/mol. The van der Waals surface area contributed by atoms with Crippen molar-refractivity contribution in [2.45, 2.75) is 25.7 Å². The Balaban J connectivity index is 2.25. The third-order valence-electron chi connectivity index (χ3n) is 3.12. The van der Waals surface area contributed by atoms with E-state index in [-0.39, 0.29) is 0 Å². The van der Waals surface area contributed by atoms with E-state index < -0.39 is 0 Å². The molecule has 1 atom stereocenters. The first-order valence-corrected chi connectivity index (χ1v) is 5.78. The van der Waals surface area contributed by atoms with Crippen molar-refractivity contribution < 1.29 is 0 Å². The highest BCUT2D eigenvalue weighted by atomic mass is 14.2. The van der Waals surface area contributed by atoms with Crippen molar-refractivity contribution in [3.63, 3.8) is 0 Å². The van der Waals surface area contributed by atoms with Crippen molar-refractivity contribution in [2.75, 3.05) is 0 Å².